The summed E-state index contributed by atoms with van der Waals surface area (Å²) in [5.74, 6) is 0.679. The van der Waals surface area contributed by atoms with Gasteiger partial charge < -0.3 is 10.4 Å². The molecule has 2 N–H and O–H groups in total. The van der Waals surface area contributed by atoms with Crippen LogP contribution >= 0.6 is 0 Å². The molecule has 0 spiro atoms. The highest BCUT2D eigenvalue weighted by molar-refractivity contribution is 5.89. The van der Waals surface area contributed by atoms with E-state index in [4.69, 9.17) is 0 Å². The number of hydrogen-bond acceptors (Lipinski definition) is 4. The number of nitro benzene ring substituents is 1. The summed E-state index contributed by atoms with van der Waals surface area (Å²) in [6, 6.07) is 12.1. The van der Waals surface area contributed by atoms with Crippen LogP contribution in [0, 0.1) is 27.9 Å². The lowest BCUT2D eigenvalue weighted by atomic mass is 9.67. The van der Waals surface area contributed by atoms with Gasteiger partial charge in [-0.25, -0.2) is 4.79 Å². The van der Waals surface area contributed by atoms with E-state index in [2.05, 4.69) is 5.32 Å². The summed E-state index contributed by atoms with van der Waals surface area (Å²) < 4.78 is 0. The molecule has 3 aliphatic rings. The van der Waals surface area contributed by atoms with Crippen LogP contribution in [0.5, 0.6) is 0 Å². The summed E-state index contributed by atoms with van der Waals surface area (Å²) in [5.41, 5.74) is 3.18. The van der Waals surface area contributed by atoms with Crippen LogP contribution in [0.4, 0.5) is 11.4 Å². The minimum Gasteiger partial charge on any atom is -0.478 e. The van der Waals surface area contributed by atoms with E-state index in [0.717, 1.165) is 36.1 Å². The van der Waals surface area contributed by atoms with Crippen LogP contribution in [0.25, 0.3) is 0 Å². The van der Waals surface area contributed by atoms with Crippen LogP contribution in [0.3, 0.4) is 0 Å². The smallest absolute Gasteiger partial charge is 0.335 e. The maximum absolute atomic E-state index is 11.6. The van der Waals surface area contributed by atoms with Gasteiger partial charge in [0.15, 0.2) is 0 Å². The van der Waals surface area contributed by atoms with Crippen LogP contribution in [0.15, 0.2) is 42.5 Å². The van der Waals surface area contributed by atoms with E-state index in [9.17, 15) is 20.0 Å². The Morgan fingerprint density at radius 2 is 1.89 bits per heavy atom. The van der Waals surface area contributed by atoms with E-state index in [1.54, 1.807) is 24.3 Å². The van der Waals surface area contributed by atoms with E-state index in [0.29, 0.717) is 17.4 Å². The number of carboxylic acids is 1. The standard InChI is InChI=1S/C21H20N2O4/c24-21(25)13-7-8-16-15(10-13)18-11-5-6-12(9-11)19(18)20(22-16)14-3-1-2-4-17(14)23(26)27/h1-4,7-8,10-12,18-20,22H,5-6,9H2,(H,24,25)/t11-,12-,18-,19+,20+/m0/s1. The van der Waals surface area contributed by atoms with Crippen molar-refractivity contribution in [2.24, 2.45) is 17.8 Å². The number of para-hydroxylation sites is 1. The second-order valence-corrected chi connectivity index (χ2v) is 7.98. The van der Waals surface area contributed by atoms with Gasteiger partial charge in [0.1, 0.15) is 0 Å². The number of carbonyl (C=O) groups is 1. The number of aromatic carboxylic acids is 1. The van der Waals surface area contributed by atoms with Crippen molar-refractivity contribution in [1.82, 2.24) is 0 Å². The Balaban J connectivity index is 1.66. The van der Waals surface area contributed by atoms with E-state index < -0.39 is 5.97 Å². The third kappa shape index (κ3) is 2.36. The predicted molar refractivity (Wildman–Crippen MR) is 99.9 cm³/mol. The molecule has 5 atom stereocenters. The van der Waals surface area contributed by atoms with Crippen LogP contribution < -0.4 is 5.32 Å². The second kappa shape index (κ2) is 5.81. The Labute approximate surface area is 156 Å². The summed E-state index contributed by atoms with van der Waals surface area (Å²) in [7, 11) is 0. The average Bonchev–Trinajstić information content (AvgIpc) is 3.29. The Bertz CT molecular complexity index is 957. The van der Waals surface area contributed by atoms with Crippen molar-refractivity contribution in [2.75, 3.05) is 5.32 Å². The summed E-state index contributed by atoms with van der Waals surface area (Å²) in [5, 5.41) is 24.5. The van der Waals surface area contributed by atoms with Gasteiger partial charge in [-0.1, -0.05) is 18.2 Å². The molecule has 0 aromatic heterocycles. The first kappa shape index (κ1) is 16.3. The lowest BCUT2D eigenvalue weighted by Crippen LogP contribution is -2.36. The zero-order chi connectivity index (χ0) is 18.7. The molecular weight excluding hydrogens is 344 g/mol. The van der Waals surface area contributed by atoms with Crippen LogP contribution in [-0.4, -0.2) is 16.0 Å². The third-order valence-electron chi connectivity index (χ3n) is 6.80. The van der Waals surface area contributed by atoms with Crippen LogP contribution in [0.1, 0.15) is 52.7 Å². The summed E-state index contributed by atoms with van der Waals surface area (Å²) in [4.78, 5) is 22.7. The van der Waals surface area contributed by atoms with Gasteiger partial charge >= 0.3 is 5.97 Å². The van der Waals surface area contributed by atoms with Crippen molar-refractivity contribution < 1.29 is 14.8 Å². The van der Waals surface area contributed by atoms with E-state index in [1.165, 1.54) is 0 Å². The highest BCUT2D eigenvalue weighted by Gasteiger charge is 2.54. The number of anilines is 1. The Morgan fingerprint density at radius 1 is 1.11 bits per heavy atom. The van der Waals surface area contributed by atoms with E-state index in [1.807, 2.05) is 18.2 Å². The van der Waals surface area contributed by atoms with Crippen molar-refractivity contribution in [3.05, 3.63) is 69.3 Å². The van der Waals surface area contributed by atoms with Crippen LogP contribution in [-0.2, 0) is 0 Å². The number of nitrogens with one attached hydrogen (secondary N) is 1. The molecule has 0 radical (unpaired) electrons. The fourth-order valence-electron chi connectivity index (χ4n) is 5.85. The largest absolute Gasteiger partial charge is 0.478 e. The van der Waals surface area contributed by atoms with Gasteiger partial charge in [0.05, 0.1) is 22.1 Å². The number of rotatable bonds is 3. The van der Waals surface area contributed by atoms with Gasteiger partial charge in [0.25, 0.3) is 5.69 Å². The predicted octanol–water partition coefficient (Wildman–Crippen LogP) is 4.59. The fourth-order valence-corrected chi connectivity index (χ4v) is 5.85. The molecule has 138 valence electrons. The van der Waals surface area contributed by atoms with Crippen LogP contribution in [0.2, 0.25) is 0 Å². The highest BCUT2D eigenvalue weighted by atomic mass is 16.6. The molecule has 2 saturated carbocycles. The second-order valence-electron chi connectivity index (χ2n) is 7.98. The molecule has 0 amide bonds. The molecule has 1 aliphatic heterocycles. The first-order valence-electron chi connectivity index (χ1n) is 9.41. The number of hydrogen-bond donors (Lipinski definition) is 2. The molecule has 1 heterocycles. The monoisotopic (exact) mass is 364 g/mol. The quantitative estimate of drug-likeness (QED) is 0.614. The maximum atomic E-state index is 11.6. The van der Waals surface area contributed by atoms with Gasteiger partial charge in [-0.15, -0.1) is 0 Å². The molecule has 2 fully saturated rings. The van der Waals surface area contributed by atoms with Crippen molar-refractivity contribution in [3.63, 3.8) is 0 Å². The van der Waals surface area contributed by atoms with Gasteiger partial charge in [0, 0.05) is 11.8 Å². The van der Waals surface area contributed by atoms with Gasteiger partial charge in [-0.3, -0.25) is 10.1 Å². The first-order chi connectivity index (χ1) is 13.0. The minimum atomic E-state index is -0.918. The summed E-state index contributed by atoms with van der Waals surface area (Å²) >= 11 is 0. The molecule has 6 nitrogen and oxygen atoms in total. The van der Waals surface area contributed by atoms with Crippen molar-refractivity contribution in [1.29, 1.82) is 0 Å². The number of fused-ring (bicyclic) bond motifs is 7. The maximum Gasteiger partial charge on any atom is 0.335 e. The van der Waals surface area contributed by atoms with Crippen molar-refractivity contribution >= 4 is 17.3 Å². The fraction of sp³-hybridized carbons (Fsp3) is 0.381. The summed E-state index contributed by atoms with van der Waals surface area (Å²) in [6.07, 6.45) is 3.44. The Hall–Kier alpha value is -2.89. The molecule has 2 aromatic carbocycles. The molecular formula is C21H20N2O4. The third-order valence-corrected chi connectivity index (χ3v) is 6.80. The number of benzene rings is 2. The molecule has 0 unspecified atom stereocenters. The number of carboxylic acid groups (broad SMARTS) is 1. The number of nitrogens with zero attached hydrogens (tertiary/aromatic N) is 1. The lowest BCUT2D eigenvalue weighted by Gasteiger charge is -2.43. The summed E-state index contributed by atoms with van der Waals surface area (Å²) in [6.45, 7) is 0. The van der Waals surface area contributed by atoms with Gasteiger partial charge in [-0.2, -0.15) is 0 Å². The molecule has 2 bridgehead atoms. The molecule has 0 saturated heterocycles. The zero-order valence-corrected chi connectivity index (χ0v) is 14.7. The van der Waals surface area contributed by atoms with Crippen molar-refractivity contribution in [2.45, 2.75) is 31.2 Å². The van der Waals surface area contributed by atoms with E-state index >= 15 is 0 Å². The zero-order valence-electron chi connectivity index (χ0n) is 14.7. The lowest BCUT2D eigenvalue weighted by molar-refractivity contribution is -0.385. The van der Waals surface area contributed by atoms with Gasteiger partial charge in [-0.05, 0) is 66.7 Å². The Morgan fingerprint density at radius 3 is 2.67 bits per heavy atom. The van der Waals surface area contributed by atoms with Gasteiger partial charge in [0.2, 0.25) is 0 Å². The Kier molecular flexibility index (Phi) is 3.50. The highest BCUT2D eigenvalue weighted by Crippen LogP contribution is 2.64. The average molecular weight is 364 g/mol. The minimum absolute atomic E-state index is 0.116. The SMILES string of the molecule is O=C(O)c1ccc2c(c1)[C@@H]1[C@H]3CC[C@@H](C3)[C@H]1[C@@H](c1ccccc1[N+](=O)[O-])N2. The molecule has 2 aliphatic carbocycles. The van der Waals surface area contributed by atoms with Crippen molar-refractivity contribution in [3.8, 4) is 0 Å². The molecule has 2 aromatic rings. The number of nitro groups is 1. The normalized spacial score (nSPS) is 30.3. The molecule has 6 heteroatoms. The van der Waals surface area contributed by atoms with E-state index in [-0.39, 0.29) is 28.5 Å². The topological polar surface area (TPSA) is 92.5 Å². The first-order valence-corrected chi connectivity index (χ1v) is 9.41. The molecule has 5 rings (SSSR count). The molecule has 27 heavy (non-hydrogen) atoms.